The first-order chi connectivity index (χ1) is 12.9. The summed E-state index contributed by atoms with van der Waals surface area (Å²) in [7, 11) is 0. The quantitative estimate of drug-likeness (QED) is 0.630. The Bertz CT molecular complexity index is 1020. The van der Waals surface area contributed by atoms with Crippen molar-refractivity contribution in [3.05, 3.63) is 76.7 Å². The number of aromatic nitrogens is 2. The van der Waals surface area contributed by atoms with Gasteiger partial charge in [-0.2, -0.15) is 0 Å². The van der Waals surface area contributed by atoms with Gasteiger partial charge in [0, 0.05) is 28.0 Å². The molecule has 27 heavy (non-hydrogen) atoms. The van der Waals surface area contributed by atoms with Gasteiger partial charge in [-0.25, -0.2) is 9.97 Å². The van der Waals surface area contributed by atoms with E-state index in [1.165, 1.54) is 19.3 Å². The summed E-state index contributed by atoms with van der Waals surface area (Å²) in [5.41, 5.74) is 2.99. The van der Waals surface area contributed by atoms with Crippen molar-refractivity contribution >= 4 is 40.5 Å². The summed E-state index contributed by atoms with van der Waals surface area (Å²) in [4.78, 5) is 32.1. The molecule has 0 aliphatic heterocycles. The third-order valence-electron chi connectivity index (χ3n) is 3.87. The van der Waals surface area contributed by atoms with Gasteiger partial charge >= 0.3 is 0 Å². The molecule has 0 bridgehead atoms. The zero-order valence-electron chi connectivity index (χ0n) is 14.8. The van der Waals surface area contributed by atoms with Crippen molar-refractivity contribution in [2.24, 2.45) is 0 Å². The maximum absolute atomic E-state index is 12.4. The molecular weight excluding hydrogens is 364 g/mol. The van der Waals surface area contributed by atoms with E-state index >= 15 is 0 Å². The van der Waals surface area contributed by atoms with Gasteiger partial charge in [-0.1, -0.05) is 29.8 Å². The van der Waals surface area contributed by atoms with Crippen molar-refractivity contribution in [2.75, 3.05) is 10.6 Å². The minimum atomic E-state index is -0.377. The van der Waals surface area contributed by atoms with Crippen LogP contribution in [-0.2, 0) is 0 Å². The molecule has 0 atom stereocenters. The van der Waals surface area contributed by atoms with Gasteiger partial charge in [0.2, 0.25) is 0 Å². The number of carbonyl (C=O) groups is 2. The van der Waals surface area contributed by atoms with E-state index in [0.29, 0.717) is 27.8 Å². The van der Waals surface area contributed by atoms with E-state index in [2.05, 4.69) is 20.6 Å². The number of hydrogen-bond acceptors (Lipinski definition) is 5. The van der Waals surface area contributed by atoms with E-state index in [1.54, 1.807) is 30.3 Å². The van der Waals surface area contributed by atoms with Crippen molar-refractivity contribution in [3.8, 4) is 0 Å². The molecular formula is C20H17ClN4O2. The molecule has 0 spiro atoms. The topological polar surface area (TPSA) is 84.0 Å². The van der Waals surface area contributed by atoms with Crippen molar-refractivity contribution < 1.29 is 9.59 Å². The fourth-order valence-corrected chi connectivity index (χ4v) is 2.56. The highest BCUT2D eigenvalue weighted by atomic mass is 35.5. The summed E-state index contributed by atoms with van der Waals surface area (Å²) < 4.78 is 0. The molecule has 2 aromatic carbocycles. The van der Waals surface area contributed by atoms with E-state index in [1.807, 2.05) is 19.1 Å². The number of aryl methyl sites for hydroxylation is 1. The molecule has 0 aliphatic rings. The summed E-state index contributed by atoms with van der Waals surface area (Å²) in [6.07, 6.45) is 1.30. The largest absolute Gasteiger partial charge is 0.340 e. The number of anilines is 3. The van der Waals surface area contributed by atoms with E-state index in [9.17, 15) is 9.59 Å². The Balaban J connectivity index is 1.76. The van der Waals surface area contributed by atoms with Crippen LogP contribution in [0.15, 0.2) is 54.9 Å². The Morgan fingerprint density at radius 2 is 1.81 bits per heavy atom. The lowest BCUT2D eigenvalue weighted by atomic mass is 10.1. The predicted octanol–water partition coefficient (Wildman–Crippen LogP) is 4.64. The number of hydrogen-bond donors (Lipinski definition) is 2. The first-order valence-electron chi connectivity index (χ1n) is 8.20. The van der Waals surface area contributed by atoms with Gasteiger partial charge in [0.1, 0.15) is 17.8 Å². The van der Waals surface area contributed by atoms with Gasteiger partial charge in [-0.15, -0.1) is 0 Å². The summed E-state index contributed by atoms with van der Waals surface area (Å²) in [6, 6.07) is 13.8. The highest BCUT2D eigenvalue weighted by Gasteiger charge is 2.10. The van der Waals surface area contributed by atoms with Gasteiger partial charge < -0.3 is 10.6 Å². The third kappa shape index (κ3) is 4.68. The third-order valence-corrected chi connectivity index (χ3v) is 4.28. The highest BCUT2D eigenvalue weighted by molar-refractivity contribution is 6.31. The monoisotopic (exact) mass is 380 g/mol. The molecule has 3 rings (SSSR count). The molecule has 1 aromatic heterocycles. The van der Waals surface area contributed by atoms with Crippen molar-refractivity contribution in [1.82, 2.24) is 9.97 Å². The van der Waals surface area contributed by atoms with Crippen LogP contribution in [0, 0.1) is 6.92 Å². The van der Waals surface area contributed by atoms with Gasteiger partial charge in [0.05, 0.1) is 0 Å². The molecule has 136 valence electrons. The maximum atomic E-state index is 12.4. The van der Waals surface area contributed by atoms with Crippen LogP contribution < -0.4 is 10.6 Å². The number of benzene rings is 2. The minimum absolute atomic E-state index is 0.0295. The zero-order valence-corrected chi connectivity index (χ0v) is 15.5. The molecule has 0 radical (unpaired) electrons. The fraction of sp³-hybridized carbons (Fsp3) is 0.100. The Morgan fingerprint density at radius 1 is 1.00 bits per heavy atom. The van der Waals surface area contributed by atoms with E-state index in [-0.39, 0.29) is 17.4 Å². The van der Waals surface area contributed by atoms with Crippen molar-refractivity contribution in [3.63, 3.8) is 0 Å². The van der Waals surface area contributed by atoms with Crippen molar-refractivity contribution in [2.45, 2.75) is 13.8 Å². The number of Topliss-reactive ketones (excluding diaryl/α,β-unsaturated/α-hetero) is 1. The van der Waals surface area contributed by atoms with E-state index in [4.69, 9.17) is 11.6 Å². The fourth-order valence-electron chi connectivity index (χ4n) is 2.38. The molecule has 0 fully saturated rings. The predicted molar refractivity (Wildman–Crippen MR) is 106 cm³/mol. The Labute approximate surface area is 161 Å². The van der Waals surface area contributed by atoms with Crippen LogP contribution in [0.2, 0.25) is 5.02 Å². The number of rotatable bonds is 5. The standard InChI is InChI=1S/C20H17ClN4O2/c1-12-6-7-16(9-17(12)21)25-20(27)18-10-19(23-11-22-18)24-15-5-3-4-14(8-15)13(2)26/h3-11H,1-2H3,(H,25,27)(H,22,23,24). The maximum Gasteiger partial charge on any atom is 0.274 e. The van der Waals surface area contributed by atoms with Crippen LogP contribution in [0.25, 0.3) is 0 Å². The number of nitrogens with zero attached hydrogens (tertiary/aromatic N) is 2. The van der Waals surface area contributed by atoms with Gasteiger partial charge in [-0.3, -0.25) is 9.59 Å². The molecule has 0 saturated heterocycles. The van der Waals surface area contributed by atoms with Crippen LogP contribution in [0.4, 0.5) is 17.2 Å². The smallest absolute Gasteiger partial charge is 0.274 e. The van der Waals surface area contributed by atoms with Crippen LogP contribution in [0.3, 0.4) is 0 Å². The average Bonchev–Trinajstić information content (AvgIpc) is 2.65. The number of nitrogens with one attached hydrogen (secondary N) is 2. The lowest BCUT2D eigenvalue weighted by Gasteiger charge is -2.09. The SMILES string of the molecule is CC(=O)c1cccc(Nc2cc(C(=O)Nc3ccc(C)c(Cl)c3)ncn2)c1. The lowest BCUT2D eigenvalue weighted by molar-refractivity contribution is 0.101. The zero-order chi connectivity index (χ0) is 19.4. The Kier molecular flexibility index (Phi) is 5.47. The van der Waals surface area contributed by atoms with E-state index < -0.39 is 0 Å². The minimum Gasteiger partial charge on any atom is -0.340 e. The Hall–Kier alpha value is -3.25. The van der Waals surface area contributed by atoms with E-state index in [0.717, 1.165) is 5.56 Å². The molecule has 0 unspecified atom stereocenters. The van der Waals surface area contributed by atoms with Gasteiger partial charge in [0.25, 0.3) is 5.91 Å². The molecule has 2 N–H and O–H groups in total. The number of halogens is 1. The Morgan fingerprint density at radius 3 is 2.56 bits per heavy atom. The average molecular weight is 381 g/mol. The van der Waals surface area contributed by atoms with Gasteiger partial charge in [0.15, 0.2) is 5.78 Å². The second-order valence-corrected chi connectivity index (χ2v) is 6.38. The van der Waals surface area contributed by atoms with Crippen LogP contribution in [-0.4, -0.2) is 21.7 Å². The first kappa shape index (κ1) is 18.5. The molecule has 7 heteroatoms. The number of carbonyl (C=O) groups excluding carboxylic acids is 2. The number of ketones is 1. The molecule has 1 heterocycles. The van der Waals surface area contributed by atoms with Crippen LogP contribution in [0.1, 0.15) is 33.3 Å². The summed E-state index contributed by atoms with van der Waals surface area (Å²) in [5, 5.41) is 6.40. The van der Waals surface area contributed by atoms with Crippen molar-refractivity contribution in [1.29, 1.82) is 0 Å². The highest BCUT2D eigenvalue weighted by Crippen LogP contribution is 2.21. The normalized spacial score (nSPS) is 10.3. The summed E-state index contributed by atoms with van der Waals surface area (Å²) in [6.45, 7) is 3.39. The number of amides is 1. The van der Waals surface area contributed by atoms with Gasteiger partial charge in [-0.05, 0) is 43.7 Å². The summed E-state index contributed by atoms with van der Waals surface area (Å²) >= 11 is 6.08. The molecule has 6 nitrogen and oxygen atoms in total. The molecule has 1 amide bonds. The second-order valence-electron chi connectivity index (χ2n) is 5.97. The molecule has 0 saturated carbocycles. The lowest BCUT2D eigenvalue weighted by Crippen LogP contribution is -2.14. The summed E-state index contributed by atoms with van der Waals surface area (Å²) in [5.74, 6) is 0.0359. The van der Waals surface area contributed by atoms with Crippen LogP contribution >= 0.6 is 11.6 Å². The molecule has 0 aliphatic carbocycles. The molecule has 3 aromatic rings. The second kappa shape index (κ2) is 7.97. The van der Waals surface area contributed by atoms with Crippen LogP contribution in [0.5, 0.6) is 0 Å². The first-order valence-corrected chi connectivity index (χ1v) is 8.58.